The Morgan fingerprint density at radius 1 is 1.27 bits per heavy atom. The van der Waals surface area contributed by atoms with E-state index in [0.717, 1.165) is 5.56 Å². The van der Waals surface area contributed by atoms with Gasteiger partial charge in [0.05, 0.1) is 12.1 Å². The van der Waals surface area contributed by atoms with Gasteiger partial charge in [-0.05, 0) is 48.2 Å². The second kappa shape index (κ2) is 9.03. The number of aldehydes is 1. The summed E-state index contributed by atoms with van der Waals surface area (Å²) in [6.45, 7) is 1.57. The summed E-state index contributed by atoms with van der Waals surface area (Å²) in [5.74, 6) is -0.300. The number of aromatic hydroxyl groups is 1. The summed E-state index contributed by atoms with van der Waals surface area (Å²) < 4.78 is 0. The second-order valence-corrected chi connectivity index (χ2v) is 6.90. The number of carbonyl (C=O) groups excluding carboxylic acids is 2. The van der Waals surface area contributed by atoms with Crippen molar-refractivity contribution in [2.24, 2.45) is 5.73 Å². The monoisotopic (exact) mass is 394 g/mol. The first-order chi connectivity index (χ1) is 12.3. The molecule has 2 rings (SSSR count). The molecule has 2 aromatic carbocycles. The van der Waals surface area contributed by atoms with Crippen LogP contribution >= 0.6 is 23.2 Å². The van der Waals surface area contributed by atoms with Gasteiger partial charge in [-0.25, -0.2) is 0 Å². The molecule has 0 aliphatic carbocycles. The first kappa shape index (κ1) is 20.2. The Balaban J connectivity index is 2.17. The van der Waals surface area contributed by atoms with Crippen molar-refractivity contribution in [3.8, 4) is 5.75 Å². The smallest absolute Gasteiger partial charge is 0.237 e. The average Bonchev–Trinajstić information content (AvgIpc) is 2.60. The molecule has 138 valence electrons. The van der Waals surface area contributed by atoms with Crippen LogP contribution in [0.25, 0.3) is 0 Å². The van der Waals surface area contributed by atoms with Crippen molar-refractivity contribution < 1.29 is 14.7 Å². The molecule has 7 heteroatoms. The molecule has 26 heavy (non-hydrogen) atoms. The lowest BCUT2D eigenvalue weighted by Crippen LogP contribution is -2.46. The van der Waals surface area contributed by atoms with Crippen LogP contribution < -0.4 is 11.1 Å². The van der Waals surface area contributed by atoms with Crippen LogP contribution in [0.1, 0.15) is 23.6 Å². The minimum Gasteiger partial charge on any atom is -0.508 e. The van der Waals surface area contributed by atoms with E-state index < -0.39 is 18.0 Å². The molecule has 0 aliphatic heterocycles. The summed E-state index contributed by atoms with van der Waals surface area (Å²) in [5.41, 5.74) is 8.03. The van der Waals surface area contributed by atoms with Gasteiger partial charge in [0.1, 0.15) is 12.0 Å². The maximum Gasteiger partial charge on any atom is 0.237 e. The number of phenols is 1. The van der Waals surface area contributed by atoms with E-state index in [0.29, 0.717) is 33.9 Å². The van der Waals surface area contributed by atoms with E-state index in [1.54, 1.807) is 43.3 Å². The first-order valence-electron chi connectivity index (χ1n) is 8.06. The number of hydrogen-bond acceptors (Lipinski definition) is 4. The lowest BCUT2D eigenvalue weighted by atomic mass is 9.98. The fraction of sp³-hybridized carbons (Fsp3) is 0.263. The second-order valence-electron chi connectivity index (χ2n) is 6.08. The number of nitrogens with one attached hydrogen (secondary N) is 1. The third-order valence-corrected chi connectivity index (χ3v) is 4.65. The van der Waals surface area contributed by atoms with E-state index in [2.05, 4.69) is 5.32 Å². The zero-order valence-electron chi connectivity index (χ0n) is 14.2. The third kappa shape index (κ3) is 5.21. The molecule has 0 fully saturated rings. The van der Waals surface area contributed by atoms with Crippen LogP contribution in [0.15, 0.2) is 36.4 Å². The van der Waals surface area contributed by atoms with E-state index in [1.807, 2.05) is 0 Å². The van der Waals surface area contributed by atoms with E-state index in [1.165, 1.54) is 0 Å². The number of carbonyl (C=O) groups is 2. The number of nitrogens with two attached hydrogens (primary N) is 1. The Bertz CT molecular complexity index is 791. The van der Waals surface area contributed by atoms with Gasteiger partial charge >= 0.3 is 0 Å². The molecule has 4 N–H and O–H groups in total. The predicted molar refractivity (Wildman–Crippen MR) is 103 cm³/mol. The molecule has 0 bridgehead atoms. The van der Waals surface area contributed by atoms with Crippen LogP contribution in [0.2, 0.25) is 10.0 Å². The van der Waals surface area contributed by atoms with Crippen LogP contribution in [-0.4, -0.2) is 29.4 Å². The highest BCUT2D eigenvalue weighted by Crippen LogP contribution is 2.30. The molecule has 2 aromatic rings. The van der Waals surface area contributed by atoms with Crippen molar-refractivity contribution in [3.05, 3.63) is 63.1 Å². The number of phenolic OH excluding ortho intramolecular Hbond substituents is 1. The normalized spacial score (nSPS) is 13.1. The summed E-state index contributed by atoms with van der Waals surface area (Å²) in [4.78, 5) is 22.6. The fourth-order valence-corrected chi connectivity index (χ4v) is 3.04. The first-order valence-corrected chi connectivity index (χ1v) is 8.82. The van der Waals surface area contributed by atoms with Crippen LogP contribution in [0.5, 0.6) is 5.75 Å². The maximum atomic E-state index is 12.0. The fourth-order valence-electron chi connectivity index (χ4n) is 2.51. The van der Waals surface area contributed by atoms with Crippen molar-refractivity contribution in [1.29, 1.82) is 0 Å². The van der Waals surface area contributed by atoms with Gasteiger partial charge in [0.15, 0.2) is 0 Å². The molecule has 0 aromatic heterocycles. The van der Waals surface area contributed by atoms with Gasteiger partial charge in [0.25, 0.3) is 0 Å². The Morgan fingerprint density at radius 2 is 1.92 bits per heavy atom. The van der Waals surface area contributed by atoms with Crippen molar-refractivity contribution in [2.45, 2.75) is 31.8 Å². The summed E-state index contributed by atoms with van der Waals surface area (Å²) in [6, 6.07) is 8.84. The van der Waals surface area contributed by atoms with Gasteiger partial charge in [0.2, 0.25) is 5.91 Å². The number of amides is 1. The Labute approximate surface area is 162 Å². The minimum atomic E-state index is -0.807. The molecule has 2 atom stereocenters. The summed E-state index contributed by atoms with van der Waals surface area (Å²) in [6.07, 6.45) is 1.25. The van der Waals surface area contributed by atoms with Crippen molar-refractivity contribution in [1.82, 2.24) is 5.32 Å². The van der Waals surface area contributed by atoms with Crippen LogP contribution in [-0.2, 0) is 22.4 Å². The topological polar surface area (TPSA) is 92.4 Å². The highest BCUT2D eigenvalue weighted by Gasteiger charge is 2.17. The molecule has 0 radical (unpaired) electrons. The predicted octanol–water partition coefficient (Wildman–Crippen LogP) is 2.86. The zero-order chi connectivity index (χ0) is 19.3. The average molecular weight is 395 g/mol. The Hall–Kier alpha value is -2.08. The highest BCUT2D eigenvalue weighted by molar-refractivity contribution is 6.36. The van der Waals surface area contributed by atoms with Crippen molar-refractivity contribution in [3.63, 3.8) is 0 Å². The molecule has 1 amide bonds. The van der Waals surface area contributed by atoms with Crippen molar-refractivity contribution in [2.75, 3.05) is 0 Å². The van der Waals surface area contributed by atoms with Gasteiger partial charge in [-0.15, -0.1) is 0 Å². The molecule has 0 aliphatic rings. The van der Waals surface area contributed by atoms with E-state index in [-0.39, 0.29) is 12.2 Å². The van der Waals surface area contributed by atoms with Gasteiger partial charge in [0, 0.05) is 16.5 Å². The maximum absolute atomic E-state index is 12.0. The van der Waals surface area contributed by atoms with Gasteiger partial charge in [-0.3, -0.25) is 4.79 Å². The summed E-state index contributed by atoms with van der Waals surface area (Å²) in [5, 5.41) is 13.7. The third-order valence-electron chi connectivity index (χ3n) is 3.94. The summed E-state index contributed by atoms with van der Waals surface area (Å²) in [7, 11) is 0. The van der Waals surface area contributed by atoms with E-state index >= 15 is 0 Å². The molecule has 0 spiro atoms. The molecule has 2 unspecified atom stereocenters. The van der Waals surface area contributed by atoms with Gasteiger partial charge in [-0.2, -0.15) is 0 Å². The molecule has 0 saturated heterocycles. The van der Waals surface area contributed by atoms with Gasteiger partial charge < -0.3 is 21.0 Å². The van der Waals surface area contributed by atoms with Crippen LogP contribution in [0, 0.1) is 0 Å². The van der Waals surface area contributed by atoms with Crippen molar-refractivity contribution >= 4 is 35.4 Å². The Kier molecular flexibility index (Phi) is 7.03. The van der Waals surface area contributed by atoms with Crippen LogP contribution in [0.3, 0.4) is 0 Å². The number of halogens is 2. The number of benzene rings is 2. The number of hydrogen-bond donors (Lipinski definition) is 3. The van der Waals surface area contributed by atoms with Gasteiger partial charge in [-0.1, -0.05) is 41.4 Å². The molecular weight excluding hydrogens is 375 g/mol. The highest BCUT2D eigenvalue weighted by atomic mass is 35.5. The SMILES string of the molecule is CC(C=O)NC(=O)C(N)Cc1ccc(O)c(Cc2c(Cl)cccc2Cl)c1. The minimum absolute atomic E-state index is 0.109. The lowest BCUT2D eigenvalue weighted by Gasteiger charge is -2.15. The molecule has 5 nitrogen and oxygen atoms in total. The van der Waals surface area contributed by atoms with Crippen LogP contribution in [0.4, 0.5) is 0 Å². The number of rotatable bonds is 7. The molecular formula is C19H20Cl2N2O3. The van der Waals surface area contributed by atoms with E-state index in [9.17, 15) is 14.7 Å². The quantitative estimate of drug-likeness (QED) is 0.629. The standard InChI is InChI=1S/C19H20Cl2N2O3/c1-11(10-24)23-19(26)17(22)8-12-5-6-18(25)13(7-12)9-14-15(20)3-2-4-16(14)21/h2-7,10-11,17,25H,8-9,22H2,1H3,(H,23,26). The molecule has 0 saturated carbocycles. The molecule has 0 heterocycles. The summed E-state index contributed by atoms with van der Waals surface area (Å²) >= 11 is 12.4. The van der Waals surface area contributed by atoms with E-state index in [4.69, 9.17) is 28.9 Å². The Morgan fingerprint density at radius 3 is 2.54 bits per heavy atom. The zero-order valence-corrected chi connectivity index (χ0v) is 15.7. The lowest BCUT2D eigenvalue weighted by molar-refractivity contribution is -0.124. The largest absolute Gasteiger partial charge is 0.508 e.